The summed E-state index contributed by atoms with van der Waals surface area (Å²) in [6.07, 6.45) is 4.27. The highest BCUT2D eigenvalue weighted by molar-refractivity contribution is 7.99. The quantitative estimate of drug-likeness (QED) is 0.769. The number of nitrogens with two attached hydrogens (primary N) is 1. The normalized spacial score (nSPS) is 35.7. The fourth-order valence-electron chi connectivity index (χ4n) is 2.56. The molecule has 1 heterocycles. The molecule has 2 N–H and O–H groups in total. The third kappa shape index (κ3) is 2.31. The van der Waals surface area contributed by atoms with Crippen LogP contribution in [0.5, 0.6) is 0 Å². The predicted octanol–water partition coefficient (Wildman–Crippen LogP) is 1.08. The SMILES string of the molecule is CN(C(=O)C1CCCC1N)C1CCSC1. The van der Waals surface area contributed by atoms with E-state index in [1.165, 1.54) is 5.75 Å². The van der Waals surface area contributed by atoms with Crippen LogP contribution < -0.4 is 5.73 Å². The van der Waals surface area contributed by atoms with E-state index in [-0.39, 0.29) is 17.9 Å². The number of nitrogens with zero attached hydrogens (tertiary/aromatic N) is 1. The van der Waals surface area contributed by atoms with Gasteiger partial charge in [-0.2, -0.15) is 11.8 Å². The molecule has 3 nitrogen and oxygen atoms in total. The summed E-state index contributed by atoms with van der Waals surface area (Å²) in [6.45, 7) is 0. The highest BCUT2D eigenvalue weighted by Gasteiger charge is 2.34. The maximum atomic E-state index is 12.2. The van der Waals surface area contributed by atoms with Crippen molar-refractivity contribution in [2.75, 3.05) is 18.6 Å². The first-order valence-corrected chi connectivity index (χ1v) is 6.95. The van der Waals surface area contributed by atoms with Crippen molar-refractivity contribution in [3.05, 3.63) is 0 Å². The van der Waals surface area contributed by atoms with Crippen LogP contribution in [0.1, 0.15) is 25.7 Å². The van der Waals surface area contributed by atoms with E-state index in [0.29, 0.717) is 6.04 Å². The van der Waals surface area contributed by atoms with E-state index in [0.717, 1.165) is 31.4 Å². The summed E-state index contributed by atoms with van der Waals surface area (Å²) < 4.78 is 0. The second-order valence-corrected chi connectivity index (χ2v) is 5.82. The lowest BCUT2D eigenvalue weighted by atomic mass is 10.0. The lowest BCUT2D eigenvalue weighted by Gasteiger charge is -2.28. The summed E-state index contributed by atoms with van der Waals surface area (Å²) in [4.78, 5) is 14.1. The molecule has 0 aromatic carbocycles. The lowest BCUT2D eigenvalue weighted by molar-refractivity contribution is -0.136. The van der Waals surface area contributed by atoms with Crippen molar-refractivity contribution < 1.29 is 4.79 Å². The van der Waals surface area contributed by atoms with E-state index >= 15 is 0 Å². The van der Waals surface area contributed by atoms with E-state index < -0.39 is 0 Å². The van der Waals surface area contributed by atoms with Crippen LogP contribution in [0, 0.1) is 5.92 Å². The molecule has 3 atom stereocenters. The van der Waals surface area contributed by atoms with Gasteiger partial charge in [-0.05, 0) is 25.0 Å². The van der Waals surface area contributed by atoms with Crippen molar-refractivity contribution in [2.45, 2.75) is 37.8 Å². The standard InChI is InChI=1S/C11H20N2OS/c1-13(8-5-6-15-7-8)11(14)9-3-2-4-10(9)12/h8-10H,2-7,12H2,1H3. The Labute approximate surface area is 95.8 Å². The minimum absolute atomic E-state index is 0.0978. The van der Waals surface area contributed by atoms with Gasteiger partial charge in [0.15, 0.2) is 0 Å². The molecule has 4 heteroatoms. The van der Waals surface area contributed by atoms with E-state index in [9.17, 15) is 4.79 Å². The first-order valence-electron chi connectivity index (χ1n) is 5.80. The Hall–Kier alpha value is -0.220. The van der Waals surface area contributed by atoms with Crippen molar-refractivity contribution in [3.8, 4) is 0 Å². The van der Waals surface area contributed by atoms with E-state index in [4.69, 9.17) is 5.73 Å². The molecule has 15 heavy (non-hydrogen) atoms. The molecule has 2 aliphatic rings. The van der Waals surface area contributed by atoms with Crippen molar-refractivity contribution >= 4 is 17.7 Å². The Morgan fingerprint density at radius 3 is 2.73 bits per heavy atom. The summed E-state index contributed by atoms with van der Waals surface area (Å²) in [6, 6.07) is 0.560. The average Bonchev–Trinajstić information content (AvgIpc) is 2.85. The number of thioether (sulfide) groups is 1. The summed E-state index contributed by atoms with van der Waals surface area (Å²) in [5.74, 6) is 2.68. The maximum Gasteiger partial charge on any atom is 0.227 e. The molecule has 2 rings (SSSR count). The van der Waals surface area contributed by atoms with Crippen LogP contribution in [0.4, 0.5) is 0 Å². The zero-order valence-electron chi connectivity index (χ0n) is 9.32. The van der Waals surface area contributed by atoms with Crippen molar-refractivity contribution in [1.82, 2.24) is 4.90 Å². The molecular formula is C11H20N2OS. The number of hydrogen-bond acceptors (Lipinski definition) is 3. The summed E-state index contributed by atoms with van der Waals surface area (Å²) in [5, 5.41) is 0. The Morgan fingerprint density at radius 1 is 1.40 bits per heavy atom. The van der Waals surface area contributed by atoms with Gasteiger partial charge in [0.05, 0.1) is 5.92 Å². The molecular weight excluding hydrogens is 208 g/mol. The van der Waals surface area contributed by atoms with Crippen LogP contribution in [0.15, 0.2) is 0 Å². The van der Waals surface area contributed by atoms with Gasteiger partial charge < -0.3 is 10.6 Å². The fraction of sp³-hybridized carbons (Fsp3) is 0.909. The number of carbonyl (C=O) groups excluding carboxylic acids is 1. The van der Waals surface area contributed by atoms with Crippen LogP contribution in [0.25, 0.3) is 0 Å². The first kappa shape index (κ1) is 11.3. The van der Waals surface area contributed by atoms with Gasteiger partial charge in [0.25, 0.3) is 0 Å². The second kappa shape index (κ2) is 4.74. The lowest BCUT2D eigenvalue weighted by Crippen LogP contribution is -2.44. The summed E-state index contributed by atoms with van der Waals surface area (Å²) >= 11 is 1.95. The minimum Gasteiger partial charge on any atom is -0.342 e. The van der Waals surface area contributed by atoms with Gasteiger partial charge in [0, 0.05) is 24.9 Å². The number of rotatable bonds is 2. The highest BCUT2D eigenvalue weighted by Crippen LogP contribution is 2.28. The topological polar surface area (TPSA) is 46.3 Å². The fourth-order valence-corrected chi connectivity index (χ4v) is 3.83. The van der Waals surface area contributed by atoms with Gasteiger partial charge in [-0.1, -0.05) is 6.42 Å². The summed E-state index contributed by atoms with van der Waals surface area (Å²) in [5.41, 5.74) is 5.96. The monoisotopic (exact) mass is 228 g/mol. The molecule has 86 valence electrons. The largest absolute Gasteiger partial charge is 0.342 e. The second-order valence-electron chi connectivity index (χ2n) is 4.67. The molecule has 1 aliphatic heterocycles. The smallest absolute Gasteiger partial charge is 0.227 e. The molecule has 1 saturated heterocycles. The molecule has 0 aromatic heterocycles. The molecule has 0 spiro atoms. The number of amides is 1. The van der Waals surface area contributed by atoms with Crippen LogP contribution >= 0.6 is 11.8 Å². The zero-order chi connectivity index (χ0) is 10.8. The molecule has 0 bridgehead atoms. The molecule has 0 aromatic rings. The number of carbonyl (C=O) groups is 1. The molecule has 2 fully saturated rings. The Kier molecular flexibility index (Phi) is 3.57. The van der Waals surface area contributed by atoms with Gasteiger partial charge in [-0.25, -0.2) is 0 Å². The predicted molar refractivity (Wildman–Crippen MR) is 63.8 cm³/mol. The third-order valence-corrected chi connectivity index (χ3v) is 4.83. The van der Waals surface area contributed by atoms with E-state index in [1.54, 1.807) is 0 Å². The van der Waals surface area contributed by atoms with Crippen molar-refractivity contribution in [1.29, 1.82) is 0 Å². The summed E-state index contributed by atoms with van der Waals surface area (Å²) in [7, 11) is 1.95. The Bertz CT molecular complexity index is 241. The Balaban J connectivity index is 1.94. The van der Waals surface area contributed by atoms with Gasteiger partial charge in [-0.3, -0.25) is 4.79 Å². The Morgan fingerprint density at radius 2 is 2.20 bits per heavy atom. The van der Waals surface area contributed by atoms with Crippen LogP contribution in [0.2, 0.25) is 0 Å². The first-order chi connectivity index (χ1) is 7.20. The minimum atomic E-state index is 0.0978. The highest BCUT2D eigenvalue weighted by atomic mass is 32.2. The van der Waals surface area contributed by atoms with Gasteiger partial charge >= 0.3 is 0 Å². The molecule has 3 unspecified atom stereocenters. The van der Waals surface area contributed by atoms with Crippen LogP contribution in [-0.4, -0.2) is 41.4 Å². The maximum absolute atomic E-state index is 12.2. The van der Waals surface area contributed by atoms with E-state index in [2.05, 4.69) is 0 Å². The van der Waals surface area contributed by atoms with Crippen molar-refractivity contribution in [3.63, 3.8) is 0 Å². The van der Waals surface area contributed by atoms with E-state index in [1.807, 2.05) is 23.7 Å². The number of hydrogen-bond donors (Lipinski definition) is 1. The molecule has 1 amide bonds. The van der Waals surface area contributed by atoms with Crippen molar-refractivity contribution in [2.24, 2.45) is 11.7 Å². The third-order valence-electron chi connectivity index (χ3n) is 3.69. The van der Waals surface area contributed by atoms with Gasteiger partial charge in [0.1, 0.15) is 0 Å². The molecule has 1 saturated carbocycles. The zero-order valence-corrected chi connectivity index (χ0v) is 10.1. The van der Waals surface area contributed by atoms with Gasteiger partial charge in [0.2, 0.25) is 5.91 Å². The average molecular weight is 228 g/mol. The van der Waals surface area contributed by atoms with Gasteiger partial charge in [-0.15, -0.1) is 0 Å². The van der Waals surface area contributed by atoms with Crippen LogP contribution in [-0.2, 0) is 4.79 Å². The molecule has 1 aliphatic carbocycles. The van der Waals surface area contributed by atoms with Crippen LogP contribution in [0.3, 0.4) is 0 Å². The molecule has 0 radical (unpaired) electrons.